The minimum atomic E-state index is -4.52. The molecule has 0 aliphatic carbocycles. The summed E-state index contributed by atoms with van der Waals surface area (Å²) in [6.45, 7) is 6.55. The van der Waals surface area contributed by atoms with Crippen LogP contribution in [0, 0.1) is 5.92 Å². The average molecular weight is 1380 g/mol. The van der Waals surface area contributed by atoms with Crippen LogP contribution in [-0.2, 0) is 74.6 Å². The molecule has 0 bridgehead atoms. The van der Waals surface area contributed by atoms with Gasteiger partial charge in [0.1, 0.15) is 50.1 Å². The maximum atomic E-state index is 17.6. The van der Waals surface area contributed by atoms with Crippen molar-refractivity contribution < 1.29 is 79.8 Å². The summed E-state index contributed by atoms with van der Waals surface area (Å²) in [4.78, 5) is 82.7. The molecule has 0 radical (unpaired) electrons. The van der Waals surface area contributed by atoms with Gasteiger partial charge in [-0.15, -0.1) is 6.58 Å². The van der Waals surface area contributed by atoms with Gasteiger partial charge in [-0.3, -0.25) is 18.9 Å². The van der Waals surface area contributed by atoms with Crippen LogP contribution in [0.4, 0.5) is 18.4 Å². The first-order valence-electron chi connectivity index (χ1n) is 36.6. The summed E-state index contributed by atoms with van der Waals surface area (Å²) in [6.07, 6.45) is 16.7. The molecule has 1 amide bonds. The molecule has 1 heterocycles. The average Bonchev–Trinajstić information content (AvgIpc) is 0.759. The number of carbonyl (C=O) groups excluding carboxylic acids is 6. The van der Waals surface area contributed by atoms with Gasteiger partial charge in [0.2, 0.25) is 0 Å². The van der Waals surface area contributed by atoms with E-state index >= 15 is 18.1 Å². The van der Waals surface area contributed by atoms with Crippen LogP contribution in [0.2, 0.25) is 0 Å². The number of ketones is 1. The van der Waals surface area contributed by atoms with Crippen LogP contribution in [-0.4, -0.2) is 92.1 Å². The largest absolute Gasteiger partial charge is 0.509 e. The van der Waals surface area contributed by atoms with Gasteiger partial charge >= 0.3 is 24.2 Å². The van der Waals surface area contributed by atoms with Crippen molar-refractivity contribution in [3.63, 3.8) is 0 Å². The summed E-state index contributed by atoms with van der Waals surface area (Å²) >= 11 is 0. The SMILES string of the molecule is C=CCO[C@@H]1O[C@H](COC(=O)OCc2ccccc2)[C@@H](OP(=O)(c2ccccc2)c2ccccc2)[C@H](OC(=O)C[C@@H](CCCCCCCCCCC=O)C(=O)CCCCCCCCCCCCC)[C@H]1NC(=O)C(F)(F)C(CCCCCCCCCCC)OC(=O)OCc1ccccc1. The number of halogens is 2. The zero-order valence-corrected chi connectivity index (χ0v) is 59.3. The highest BCUT2D eigenvalue weighted by atomic mass is 31.2. The number of hydrogen-bond donors (Lipinski definition) is 1. The van der Waals surface area contributed by atoms with E-state index in [9.17, 15) is 24.0 Å². The molecule has 1 aliphatic heterocycles. The van der Waals surface area contributed by atoms with Gasteiger partial charge in [-0.05, 0) is 67.5 Å². The molecule has 0 aromatic heterocycles. The van der Waals surface area contributed by atoms with Crippen LogP contribution in [0.1, 0.15) is 237 Å². The molecule has 1 saturated heterocycles. The molecule has 7 atom stereocenters. The lowest BCUT2D eigenvalue weighted by Gasteiger charge is -2.46. The van der Waals surface area contributed by atoms with Crippen LogP contribution >= 0.6 is 7.37 Å². The zero-order valence-electron chi connectivity index (χ0n) is 58.4. The topological polar surface area (TPSA) is 205 Å². The second kappa shape index (κ2) is 49.0. The molecular formula is C79H112F2NO15P. The van der Waals surface area contributed by atoms with E-state index in [0.29, 0.717) is 49.7 Å². The van der Waals surface area contributed by atoms with Crippen molar-refractivity contribution >= 4 is 54.2 Å². The fourth-order valence-corrected chi connectivity index (χ4v) is 14.5. The van der Waals surface area contributed by atoms with Gasteiger partial charge in [0, 0.05) is 29.4 Å². The fourth-order valence-electron chi connectivity index (χ4n) is 12.2. The van der Waals surface area contributed by atoms with E-state index in [4.69, 9.17) is 37.7 Å². The lowest BCUT2D eigenvalue weighted by atomic mass is 9.90. The Labute approximate surface area is 582 Å². The Morgan fingerprint density at radius 2 is 1.02 bits per heavy atom. The number of esters is 1. The Bertz CT molecular complexity index is 2850. The molecule has 1 fully saturated rings. The summed E-state index contributed by atoms with van der Waals surface area (Å²) in [5, 5.41) is 2.71. The Balaban J connectivity index is 1.56. The summed E-state index contributed by atoms with van der Waals surface area (Å²) in [5.74, 6) is -8.45. The lowest BCUT2D eigenvalue weighted by Crippen LogP contribution is -2.68. The number of benzene rings is 4. The third-order valence-electron chi connectivity index (χ3n) is 17.9. The molecule has 5 rings (SSSR count). The summed E-state index contributed by atoms with van der Waals surface area (Å²) in [5.41, 5.74) is 1.21. The third kappa shape index (κ3) is 31.3. The van der Waals surface area contributed by atoms with Gasteiger partial charge in [0.25, 0.3) is 13.3 Å². The molecular weight excluding hydrogens is 1270 g/mol. The summed E-state index contributed by atoms with van der Waals surface area (Å²) in [7, 11) is -4.44. The number of Topliss-reactive ketones (excluding diaryl/α,β-unsaturated/α-hetero) is 1. The molecule has 1 aliphatic rings. The van der Waals surface area contributed by atoms with E-state index in [0.717, 1.165) is 115 Å². The van der Waals surface area contributed by atoms with E-state index in [1.54, 1.807) is 121 Å². The van der Waals surface area contributed by atoms with Crippen molar-refractivity contribution in [2.24, 2.45) is 5.92 Å². The molecule has 1 N–H and O–H groups in total. The van der Waals surface area contributed by atoms with Crippen molar-refractivity contribution in [3.8, 4) is 0 Å². The highest BCUT2D eigenvalue weighted by Gasteiger charge is 2.57. The molecule has 1 unspecified atom stereocenters. The predicted molar refractivity (Wildman–Crippen MR) is 379 cm³/mol. The van der Waals surface area contributed by atoms with E-state index in [-0.39, 0.29) is 49.1 Å². The number of ether oxygens (including phenoxy) is 7. The van der Waals surface area contributed by atoms with E-state index in [1.165, 1.54) is 44.6 Å². The molecule has 16 nitrogen and oxygen atoms in total. The number of carbonyl (C=O) groups is 6. The number of nitrogens with one attached hydrogen (secondary N) is 1. The van der Waals surface area contributed by atoms with Crippen LogP contribution in [0.3, 0.4) is 0 Å². The smallest absolute Gasteiger partial charge is 0.457 e. The Hall–Kier alpha value is -6.59. The van der Waals surface area contributed by atoms with Gasteiger partial charge in [0.05, 0.1) is 13.0 Å². The molecule has 19 heteroatoms. The number of unbranched alkanes of at least 4 members (excludes halogenated alkanes) is 26. The van der Waals surface area contributed by atoms with E-state index in [1.807, 2.05) is 0 Å². The van der Waals surface area contributed by atoms with Crippen LogP contribution < -0.4 is 15.9 Å². The zero-order chi connectivity index (χ0) is 70.3. The monoisotopic (exact) mass is 1380 g/mol. The number of hydrogen-bond acceptors (Lipinski definition) is 15. The fraction of sp³-hybridized carbons (Fsp3) is 0.595. The minimum Gasteiger partial charge on any atom is -0.457 e. The first-order chi connectivity index (χ1) is 47.7. The number of alkyl halides is 2. The Morgan fingerprint density at radius 3 is 1.51 bits per heavy atom. The molecule has 0 saturated carbocycles. The first-order valence-corrected chi connectivity index (χ1v) is 38.2. The minimum absolute atomic E-state index is 0.136. The molecule has 4 aromatic carbocycles. The highest BCUT2D eigenvalue weighted by molar-refractivity contribution is 7.74. The number of amides is 1. The highest BCUT2D eigenvalue weighted by Crippen LogP contribution is 2.49. The van der Waals surface area contributed by atoms with E-state index < -0.39 is 99.6 Å². The van der Waals surface area contributed by atoms with Crippen molar-refractivity contribution in [1.29, 1.82) is 0 Å². The maximum Gasteiger partial charge on any atom is 0.509 e. The van der Waals surface area contributed by atoms with Crippen molar-refractivity contribution in [2.75, 3.05) is 13.2 Å². The number of aldehydes is 1. The van der Waals surface area contributed by atoms with Gasteiger partial charge < -0.3 is 47.8 Å². The van der Waals surface area contributed by atoms with E-state index in [2.05, 4.69) is 25.7 Å². The van der Waals surface area contributed by atoms with Crippen molar-refractivity contribution in [1.82, 2.24) is 5.32 Å². The molecule has 98 heavy (non-hydrogen) atoms. The second-order valence-corrected chi connectivity index (χ2v) is 28.2. The quantitative estimate of drug-likeness (QED) is 0.0109. The normalized spacial score (nSPS) is 16.8. The Morgan fingerprint density at radius 1 is 0.571 bits per heavy atom. The predicted octanol–water partition coefficient (Wildman–Crippen LogP) is 18.6. The summed E-state index contributed by atoms with van der Waals surface area (Å²) < 4.78 is 99.6. The molecule has 542 valence electrons. The van der Waals surface area contributed by atoms with Crippen molar-refractivity contribution in [2.45, 2.75) is 282 Å². The lowest BCUT2D eigenvalue weighted by molar-refractivity contribution is -0.268. The van der Waals surface area contributed by atoms with Crippen LogP contribution in [0.15, 0.2) is 134 Å². The maximum absolute atomic E-state index is 17.6. The Kier molecular flexibility index (Phi) is 41.1. The second-order valence-electron chi connectivity index (χ2n) is 25.8. The third-order valence-corrected chi connectivity index (χ3v) is 20.3. The van der Waals surface area contributed by atoms with Crippen molar-refractivity contribution in [3.05, 3.63) is 145 Å². The van der Waals surface area contributed by atoms with Crippen LogP contribution in [0.25, 0.3) is 0 Å². The van der Waals surface area contributed by atoms with Gasteiger partial charge in [-0.2, -0.15) is 8.78 Å². The van der Waals surface area contributed by atoms with Gasteiger partial charge in [-0.1, -0.05) is 278 Å². The molecule has 4 aromatic rings. The molecule has 0 spiro atoms. The van der Waals surface area contributed by atoms with Crippen LogP contribution in [0.5, 0.6) is 0 Å². The van der Waals surface area contributed by atoms with Gasteiger partial charge in [-0.25, -0.2) is 9.59 Å². The summed E-state index contributed by atoms with van der Waals surface area (Å²) in [6, 6.07) is 31.7. The standard InChI is InChI=1S/C79H112F2NO15P/c1-4-7-9-11-13-15-16-20-23-27-43-55-68(84)65(50-38-26-22-19-17-21-25-29-45-57-83)59-71(85)96-74-72(82-76(86)79(80,81)70(56-44-28-24-18-14-12-10-8-5-2)95-78(88)92-61-64-48-36-31-37-49-64)75(90-58-6-3)94-69(62-93-77(87)91-60-63-46-34-30-35-47-63)73(74)97-98(89,66-51-39-32-40-52-66)67-53-41-33-42-54-67/h6,30-37,39-42,46-49,51-54,57,65,69-70,72-75H,3-5,7-29,38,43-45,50,55-56,58-62H2,1-2H3,(H,82,86)/t65-,69-,70?,72-,73-,74-,75-/m1/s1. The van der Waals surface area contributed by atoms with Gasteiger partial charge in [0.15, 0.2) is 18.5 Å². The number of rotatable bonds is 54. The first kappa shape index (κ1) is 82.1.